The first-order valence-corrected chi connectivity index (χ1v) is 6.30. The number of sulfone groups is 1. The second kappa shape index (κ2) is 4.63. The van der Waals surface area contributed by atoms with E-state index in [1.54, 1.807) is 24.3 Å². The Kier molecular flexibility index (Phi) is 3.71. The molecule has 0 amide bonds. The number of rotatable bonds is 4. The molecule has 84 valence electrons. The zero-order valence-electron chi connectivity index (χ0n) is 8.97. The van der Waals surface area contributed by atoms with Crippen molar-refractivity contribution in [1.82, 2.24) is 4.90 Å². The van der Waals surface area contributed by atoms with Crippen molar-refractivity contribution in [3.8, 4) is 0 Å². The first-order valence-electron chi connectivity index (χ1n) is 4.65. The molecule has 0 aliphatic carbocycles. The highest BCUT2D eigenvalue weighted by Gasteiger charge is 2.13. The largest absolute Gasteiger partial charge is 0.399 e. The SMILES string of the molecule is CN(C)CCS(=O)(=O)c1ccc(N)cc1. The Morgan fingerprint density at radius 1 is 1.20 bits per heavy atom. The van der Waals surface area contributed by atoms with E-state index in [0.29, 0.717) is 17.1 Å². The Morgan fingerprint density at radius 3 is 2.20 bits per heavy atom. The van der Waals surface area contributed by atoms with E-state index < -0.39 is 9.84 Å². The molecule has 5 heteroatoms. The maximum absolute atomic E-state index is 11.8. The van der Waals surface area contributed by atoms with Gasteiger partial charge in [0, 0.05) is 12.2 Å². The molecule has 0 atom stereocenters. The lowest BCUT2D eigenvalue weighted by Gasteiger charge is -2.09. The highest BCUT2D eigenvalue weighted by molar-refractivity contribution is 7.91. The van der Waals surface area contributed by atoms with E-state index in [-0.39, 0.29) is 5.75 Å². The van der Waals surface area contributed by atoms with Gasteiger partial charge in [0.05, 0.1) is 10.6 Å². The van der Waals surface area contributed by atoms with Gasteiger partial charge in [-0.3, -0.25) is 0 Å². The third-order valence-corrected chi connectivity index (χ3v) is 3.76. The van der Waals surface area contributed by atoms with E-state index in [2.05, 4.69) is 0 Å². The van der Waals surface area contributed by atoms with Crippen molar-refractivity contribution in [3.05, 3.63) is 24.3 Å². The lowest BCUT2D eigenvalue weighted by atomic mass is 10.3. The predicted molar refractivity (Wildman–Crippen MR) is 61.5 cm³/mol. The van der Waals surface area contributed by atoms with Gasteiger partial charge in [-0.1, -0.05) is 0 Å². The van der Waals surface area contributed by atoms with Crippen molar-refractivity contribution >= 4 is 15.5 Å². The molecule has 0 aliphatic rings. The first-order chi connectivity index (χ1) is 6.92. The number of nitrogen functional groups attached to an aromatic ring is 1. The van der Waals surface area contributed by atoms with Crippen LogP contribution in [0.5, 0.6) is 0 Å². The topological polar surface area (TPSA) is 63.4 Å². The summed E-state index contributed by atoms with van der Waals surface area (Å²) < 4.78 is 23.6. The Labute approximate surface area is 90.6 Å². The second-order valence-electron chi connectivity index (χ2n) is 3.69. The molecule has 0 aromatic heterocycles. The molecule has 0 saturated heterocycles. The number of hydrogen-bond acceptors (Lipinski definition) is 4. The summed E-state index contributed by atoms with van der Waals surface area (Å²) in [5.74, 6) is 0.129. The van der Waals surface area contributed by atoms with Crippen LogP contribution in [0.3, 0.4) is 0 Å². The molecule has 1 aromatic carbocycles. The summed E-state index contributed by atoms with van der Waals surface area (Å²) >= 11 is 0. The van der Waals surface area contributed by atoms with Crippen LogP contribution in [0, 0.1) is 0 Å². The standard InChI is InChI=1S/C10H16N2O2S/c1-12(2)7-8-15(13,14)10-5-3-9(11)4-6-10/h3-6H,7-8,11H2,1-2H3. The maximum atomic E-state index is 11.8. The van der Waals surface area contributed by atoms with Gasteiger partial charge in [0.15, 0.2) is 9.84 Å². The van der Waals surface area contributed by atoms with Gasteiger partial charge < -0.3 is 10.6 Å². The van der Waals surface area contributed by atoms with E-state index >= 15 is 0 Å². The van der Waals surface area contributed by atoms with E-state index in [1.807, 2.05) is 19.0 Å². The number of nitrogens with zero attached hydrogens (tertiary/aromatic N) is 1. The Morgan fingerprint density at radius 2 is 1.73 bits per heavy atom. The molecule has 0 unspecified atom stereocenters. The van der Waals surface area contributed by atoms with Gasteiger partial charge in [0.1, 0.15) is 0 Å². The molecule has 0 fully saturated rings. The molecule has 0 saturated carbocycles. The van der Waals surface area contributed by atoms with E-state index in [0.717, 1.165) is 0 Å². The smallest absolute Gasteiger partial charge is 0.179 e. The quantitative estimate of drug-likeness (QED) is 0.767. The van der Waals surface area contributed by atoms with Crippen LogP contribution in [0.2, 0.25) is 0 Å². The summed E-state index contributed by atoms with van der Waals surface area (Å²) in [6, 6.07) is 6.28. The van der Waals surface area contributed by atoms with Crippen LogP contribution in [0.25, 0.3) is 0 Å². The lowest BCUT2D eigenvalue weighted by Crippen LogP contribution is -2.21. The third-order valence-electron chi connectivity index (χ3n) is 2.05. The Hall–Kier alpha value is -1.07. The fourth-order valence-corrected chi connectivity index (χ4v) is 2.49. The lowest BCUT2D eigenvalue weighted by molar-refractivity contribution is 0.432. The monoisotopic (exact) mass is 228 g/mol. The summed E-state index contributed by atoms with van der Waals surface area (Å²) in [7, 11) is 0.522. The normalized spacial score (nSPS) is 11.9. The first kappa shape index (κ1) is 12.0. The minimum atomic E-state index is -3.17. The summed E-state index contributed by atoms with van der Waals surface area (Å²) in [4.78, 5) is 2.17. The number of benzene rings is 1. The van der Waals surface area contributed by atoms with Crippen LogP contribution >= 0.6 is 0 Å². The minimum Gasteiger partial charge on any atom is -0.399 e. The molecule has 1 aromatic rings. The van der Waals surface area contributed by atoms with Gasteiger partial charge in [-0.2, -0.15) is 0 Å². The summed E-state index contributed by atoms with van der Waals surface area (Å²) in [6.07, 6.45) is 0. The van der Waals surface area contributed by atoms with E-state index in [4.69, 9.17) is 5.73 Å². The van der Waals surface area contributed by atoms with E-state index in [1.165, 1.54) is 0 Å². The second-order valence-corrected chi connectivity index (χ2v) is 5.80. The van der Waals surface area contributed by atoms with Crippen LogP contribution in [0.15, 0.2) is 29.2 Å². The predicted octanol–water partition coefficient (Wildman–Crippen LogP) is 0.604. The Balaban J connectivity index is 2.82. The van der Waals surface area contributed by atoms with Crippen LogP contribution in [-0.4, -0.2) is 39.7 Å². The summed E-state index contributed by atoms with van der Waals surface area (Å²) in [5, 5.41) is 0. The van der Waals surface area contributed by atoms with Crippen molar-refractivity contribution in [3.63, 3.8) is 0 Å². The van der Waals surface area contributed by atoms with Crippen molar-refractivity contribution in [2.24, 2.45) is 0 Å². The molecule has 0 radical (unpaired) electrons. The highest BCUT2D eigenvalue weighted by atomic mass is 32.2. The van der Waals surface area contributed by atoms with Crippen LogP contribution in [0.4, 0.5) is 5.69 Å². The van der Waals surface area contributed by atoms with Gasteiger partial charge in [-0.15, -0.1) is 0 Å². The summed E-state index contributed by atoms with van der Waals surface area (Å²) in [6.45, 7) is 0.521. The van der Waals surface area contributed by atoms with Gasteiger partial charge in [-0.05, 0) is 38.4 Å². The Bertz CT molecular complexity index is 410. The van der Waals surface area contributed by atoms with Gasteiger partial charge in [0.25, 0.3) is 0 Å². The van der Waals surface area contributed by atoms with Gasteiger partial charge in [-0.25, -0.2) is 8.42 Å². The molecule has 1 rings (SSSR count). The molecule has 0 aliphatic heterocycles. The van der Waals surface area contributed by atoms with Crippen molar-refractivity contribution < 1.29 is 8.42 Å². The summed E-state index contributed by atoms with van der Waals surface area (Å²) in [5.41, 5.74) is 6.06. The zero-order chi connectivity index (χ0) is 11.5. The fraction of sp³-hybridized carbons (Fsp3) is 0.400. The van der Waals surface area contributed by atoms with Gasteiger partial charge in [0.2, 0.25) is 0 Å². The average molecular weight is 228 g/mol. The molecule has 0 spiro atoms. The van der Waals surface area contributed by atoms with E-state index in [9.17, 15) is 8.42 Å². The third kappa shape index (κ3) is 3.53. The fourth-order valence-electron chi connectivity index (χ4n) is 1.10. The van der Waals surface area contributed by atoms with Crippen molar-refractivity contribution in [2.45, 2.75) is 4.90 Å². The molecule has 0 bridgehead atoms. The molecule has 4 nitrogen and oxygen atoms in total. The maximum Gasteiger partial charge on any atom is 0.179 e. The number of hydrogen-bond donors (Lipinski definition) is 1. The van der Waals surface area contributed by atoms with Gasteiger partial charge >= 0.3 is 0 Å². The minimum absolute atomic E-state index is 0.129. The molecular formula is C10H16N2O2S. The number of anilines is 1. The molecule has 2 N–H and O–H groups in total. The average Bonchev–Trinajstić information content (AvgIpc) is 2.16. The van der Waals surface area contributed by atoms with Crippen LogP contribution in [-0.2, 0) is 9.84 Å². The van der Waals surface area contributed by atoms with Crippen LogP contribution in [0.1, 0.15) is 0 Å². The molecule has 0 heterocycles. The van der Waals surface area contributed by atoms with Crippen molar-refractivity contribution in [1.29, 1.82) is 0 Å². The van der Waals surface area contributed by atoms with Crippen LogP contribution < -0.4 is 5.73 Å². The molecule has 15 heavy (non-hydrogen) atoms. The zero-order valence-corrected chi connectivity index (χ0v) is 9.79. The van der Waals surface area contributed by atoms with Crippen molar-refractivity contribution in [2.75, 3.05) is 32.1 Å². The molecular weight excluding hydrogens is 212 g/mol. The highest BCUT2D eigenvalue weighted by Crippen LogP contribution is 2.13. The number of nitrogens with two attached hydrogens (primary N) is 1.